The number of carbonyl (C=O) groups is 3. The number of amides is 2. The highest BCUT2D eigenvalue weighted by atomic mass is 35.5. The molecule has 9 nitrogen and oxygen atoms in total. The molecule has 29 heavy (non-hydrogen) atoms. The maximum absolute atomic E-state index is 11.3. The van der Waals surface area contributed by atoms with Crippen LogP contribution in [-0.4, -0.2) is 34.1 Å². The van der Waals surface area contributed by atoms with Gasteiger partial charge in [0, 0.05) is 10.0 Å². The first kappa shape index (κ1) is 25.7. The summed E-state index contributed by atoms with van der Waals surface area (Å²) in [6.07, 6.45) is -1.24. The second kappa shape index (κ2) is 13.8. The Kier molecular flexibility index (Phi) is 12.2. The average Bonchev–Trinajstić information content (AvgIpc) is 2.58. The van der Waals surface area contributed by atoms with Crippen LogP contribution in [0.5, 0.6) is 0 Å². The van der Waals surface area contributed by atoms with Gasteiger partial charge in [-0.2, -0.15) is 4.99 Å². The van der Waals surface area contributed by atoms with E-state index in [4.69, 9.17) is 49.7 Å². The summed E-state index contributed by atoms with van der Waals surface area (Å²) in [6.45, 7) is 0. The van der Waals surface area contributed by atoms with E-state index in [9.17, 15) is 9.59 Å². The van der Waals surface area contributed by atoms with Crippen LogP contribution in [0.25, 0.3) is 0 Å². The minimum absolute atomic E-state index is 0.0175. The molecule has 0 radical (unpaired) electrons. The fourth-order valence-electron chi connectivity index (χ4n) is 1.81. The third-order valence-electron chi connectivity index (χ3n) is 2.84. The van der Waals surface area contributed by atoms with E-state index >= 15 is 0 Å². The maximum atomic E-state index is 11.3. The van der Waals surface area contributed by atoms with Crippen molar-refractivity contribution < 1.29 is 24.6 Å². The van der Waals surface area contributed by atoms with Gasteiger partial charge in [-0.15, -0.1) is 0 Å². The third-order valence-corrected chi connectivity index (χ3v) is 3.55. The van der Waals surface area contributed by atoms with E-state index in [0.29, 0.717) is 15.6 Å². The summed E-state index contributed by atoms with van der Waals surface area (Å²) in [5, 5.41) is 16.4. The van der Waals surface area contributed by atoms with Gasteiger partial charge in [-0.05, 0) is 23.3 Å². The van der Waals surface area contributed by atoms with Gasteiger partial charge in [-0.1, -0.05) is 59.6 Å². The molecule has 0 unspecified atom stereocenters. The standard InChI is InChI=1S/C9H9Cl2N3O.C8H8O2.CH3NO2/c10-6-2-1-3-7(11)5(6)4-8(15)14-9(12)13;9-8(10)6-7-4-2-1-3-5-7;2-1(3)4/h1-3H,4H2,(H4,12,13,14,15);1-5H,6H2,(H,9,10);2H2,(H,3,4). The molecule has 0 heterocycles. The number of benzene rings is 2. The van der Waals surface area contributed by atoms with Crippen molar-refractivity contribution in [3.05, 3.63) is 69.7 Å². The summed E-state index contributed by atoms with van der Waals surface area (Å²) in [4.78, 5) is 33.6. The Bertz CT molecular complexity index is 832. The van der Waals surface area contributed by atoms with Crippen molar-refractivity contribution in [2.75, 3.05) is 0 Å². The summed E-state index contributed by atoms with van der Waals surface area (Å²) in [6, 6.07) is 14.1. The lowest BCUT2D eigenvalue weighted by Crippen LogP contribution is -2.24. The molecule has 0 atom stereocenters. The number of carboxylic acids is 1. The first-order valence-electron chi connectivity index (χ1n) is 7.82. The SMILES string of the molecule is NC(=O)O.NC(N)=NC(=O)Cc1c(Cl)cccc1Cl.O=C(O)Cc1ccccc1. The van der Waals surface area contributed by atoms with Crippen LogP contribution in [0.15, 0.2) is 53.5 Å². The molecule has 0 fully saturated rings. The lowest BCUT2D eigenvalue weighted by Gasteiger charge is -2.03. The zero-order valence-corrected chi connectivity index (χ0v) is 16.6. The van der Waals surface area contributed by atoms with E-state index in [0.717, 1.165) is 5.56 Å². The number of hydrogen-bond donors (Lipinski definition) is 5. The summed E-state index contributed by atoms with van der Waals surface area (Å²) < 4.78 is 0. The molecule has 2 aromatic rings. The van der Waals surface area contributed by atoms with Crippen molar-refractivity contribution in [2.45, 2.75) is 12.8 Å². The highest BCUT2D eigenvalue weighted by Gasteiger charge is 2.10. The van der Waals surface area contributed by atoms with Gasteiger partial charge in [0.15, 0.2) is 5.96 Å². The fourth-order valence-corrected chi connectivity index (χ4v) is 2.34. The minimum atomic E-state index is -1.33. The van der Waals surface area contributed by atoms with Crippen molar-refractivity contribution in [3.63, 3.8) is 0 Å². The Balaban J connectivity index is 0.000000481. The van der Waals surface area contributed by atoms with Crippen molar-refractivity contribution in [3.8, 4) is 0 Å². The minimum Gasteiger partial charge on any atom is -0.481 e. The van der Waals surface area contributed by atoms with Gasteiger partial charge in [-0.25, -0.2) is 4.79 Å². The number of nitrogens with two attached hydrogens (primary N) is 3. The molecule has 0 aliphatic heterocycles. The molecular weight excluding hydrogens is 423 g/mol. The molecule has 2 aromatic carbocycles. The van der Waals surface area contributed by atoms with Crippen LogP contribution in [0.4, 0.5) is 4.79 Å². The van der Waals surface area contributed by atoms with Crippen molar-refractivity contribution in [1.29, 1.82) is 0 Å². The van der Waals surface area contributed by atoms with E-state index in [-0.39, 0.29) is 18.8 Å². The van der Waals surface area contributed by atoms with Crippen molar-refractivity contribution >= 4 is 47.1 Å². The molecule has 11 heteroatoms. The normalized spacial score (nSPS) is 9.03. The number of carboxylic acid groups (broad SMARTS) is 2. The number of hydrogen-bond acceptors (Lipinski definition) is 3. The van der Waals surface area contributed by atoms with E-state index in [1.807, 2.05) is 18.2 Å². The van der Waals surface area contributed by atoms with E-state index in [1.54, 1.807) is 30.3 Å². The topological polar surface area (TPSA) is 182 Å². The van der Waals surface area contributed by atoms with E-state index in [1.165, 1.54) is 0 Å². The smallest absolute Gasteiger partial charge is 0.402 e. The Morgan fingerprint density at radius 3 is 1.72 bits per heavy atom. The quantitative estimate of drug-likeness (QED) is 0.355. The van der Waals surface area contributed by atoms with Crippen LogP contribution in [-0.2, 0) is 22.4 Å². The van der Waals surface area contributed by atoms with Crippen molar-refractivity contribution in [2.24, 2.45) is 22.2 Å². The van der Waals surface area contributed by atoms with E-state index < -0.39 is 18.0 Å². The molecule has 0 aliphatic carbocycles. The number of halogens is 2. The summed E-state index contributed by atoms with van der Waals surface area (Å²) in [5.74, 6) is -1.54. The predicted octanol–water partition coefficient (Wildman–Crippen LogP) is 2.27. The molecule has 0 aromatic heterocycles. The summed E-state index contributed by atoms with van der Waals surface area (Å²) >= 11 is 11.7. The van der Waals surface area contributed by atoms with Gasteiger partial charge < -0.3 is 27.4 Å². The highest BCUT2D eigenvalue weighted by Crippen LogP contribution is 2.24. The number of aliphatic imine (C=N–C) groups is 1. The molecule has 0 saturated carbocycles. The van der Waals surface area contributed by atoms with Crippen LogP contribution in [0.1, 0.15) is 11.1 Å². The van der Waals surface area contributed by atoms with Gasteiger partial charge in [0.05, 0.1) is 12.8 Å². The fraction of sp³-hybridized carbons (Fsp3) is 0.111. The van der Waals surface area contributed by atoms with Crippen molar-refractivity contribution in [1.82, 2.24) is 0 Å². The van der Waals surface area contributed by atoms with Gasteiger partial charge in [-0.3, -0.25) is 9.59 Å². The Hall–Kier alpha value is -3.30. The summed E-state index contributed by atoms with van der Waals surface area (Å²) in [5.41, 5.74) is 15.5. The van der Waals surface area contributed by atoms with Crippen LogP contribution >= 0.6 is 23.2 Å². The molecule has 8 N–H and O–H groups in total. The largest absolute Gasteiger partial charge is 0.481 e. The number of aliphatic carboxylic acids is 1. The maximum Gasteiger partial charge on any atom is 0.402 e. The Morgan fingerprint density at radius 2 is 1.31 bits per heavy atom. The lowest BCUT2D eigenvalue weighted by molar-refractivity contribution is -0.136. The average molecular weight is 443 g/mol. The van der Waals surface area contributed by atoms with Crippen LogP contribution in [0.3, 0.4) is 0 Å². The van der Waals surface area contributed by atoms with E-state index in [2.05, 4.69) is 10.7 Å². The Morgan fingerprint density at radius 1 is 0.828 bits per heavy atom. The van der Waals surface area contributed by atoms with Crippen LogP contribution in [0.2, 0.25) is 10.0 Å². The van der Waals surface area contributed by atoms with Crippen LogP contribution < -0.4 is 17.2 Å². The van der Waals surface area contributed by atoms with Gasteiger partial charge in [0.2, 0.25) is 0 Å². The van der Waals surface area contributed by atoms with Gasteiger partial charge in [0.1, 0.15) is 0 Å². The molecule has 2 amide bonds. The highest BCUT2D eigenvalue weighted by molar-refractivity contribution is 6.36. The molecule has 0 aliphatic rings. The second-order valence-electron chi connectivity index (χ2n) is 5.20. The second-order valence-corrected chi connectivity index (χ2v) is 6.02. The predicted molar refractivity (Wildman–Crippen MR) is 111 cm³/mol. The molecule has 2 rings (SSSR count). The Labute approximate surface area is 176 Å². The lowest BCUT2D eigenvalue weighted by atomic mass is 10.1. The number of carbonyl (C=O) groups excluding carboxylic acids is 1. The number of guanidine groups is 1. The molecule has 156 valence electrons. The molecular formula is C18H20Cl2N4O5. The third kappa shape index (κ3) is 13.5. The van der Waals surface area contributed by atoms with Crippen LogP contribution in [0, 0.1) is 0 Å². The first-order valence-corrected chi connectivity index (χ1v) is 8.58. The monoisotopic (exact) mass is 442 g/mol. The summed E-state index contributed by atoms with van der Waals surface area (Å²) in [7, 11) is 0. The van der Waals surface area contributed by atoms with Gasteiger partial charge in [0.25, 0.3) is 5.91 Å². The number of rotatable bonds is 4. The zero-order valence-electron chi connectivity index (χ0n) is 15.1. The number of nitrogens with zero attached hydrogens (tertiary/aromatic N) is 1. The molecule has 0 spiro atoms. The first-order chi connectivity index (χ1) is 13.5. The number of primary amides is 1. The molecule has 0 bridgehead atoms. The molecule has 0 saturated heterocycles. The zero-order chi connectivity index (χ0) is 22.4. The van der Waals surface area contributed by atoms with Gasteiger partial charge >= 0.3 is 12.1 Å².